The van der Waals surface area contributed by atoms with E-state index in [1.54, 1.807) is 0 Å². The highest BCUT2D eigenvalue weighted by Gasteiger charge is 2.27. The van der Waals surface area contributed by atoms with Crippen LogP contribution in [0, 0.1) is 0 Å². The van der Waals surface area contributed by atoms with Gasteiger partial charge in [0.25, 0.3) is 0 Å². The quantitative estimate of drug-likeness (QED) is 0.138. The summed E-state index contributed by atoms with van der Waals surface area (Å²) in [5, 5.41) is 19.4. The van der Waals surface area contributed by atoms with E-state index in [2.05, 4.69) is 437 Å². The third-order valence-electron chi connectivity index (χ3n) is 25.2. The van der Waals surface area contributed by atoms with Gasteiger partial charge in [0.1, 0.15) is 0 Å². The zero-order chi connectivity index (χ0) is 75.5. The van der Waals surface area contributed by atoms with Crippen molar-refractivity contribution in [2.75, 3.05) is 0 Å². The first kappa shape index (κ1) is 63.0. The summed E-state index contributed by atoms with van der Waals surface area (Å²) in [7, 11) is 0. The first-order valence-electron chi connectivity index (χ1n) is 40.0. The molecule has 8 nitrogen and oxygen atoms in total. The fourth-order valence-electron chi connectivity index (χ4n) is 20.3. The number of nitrogens with zero attached hydrogens (tertiary/aromatic N) is 8. The molecular weight excluding hydrogens is 1410 g/mol. The number of para-hydroxylation sites is 10. The number of benzene rings is 18. The largest absolute Gasteiger partial charge is 0.309 e. The number of fused-ring (bicyclic) bond motifs is 26. The van der Waals surface area contributed by atoms with E-state index in [9.17, 15) is 0 Å². The minimum absolute atomic E-state index is 1.09. The molecule has 8 heterocycles. The average Bonchev–Trinajstić information content (AvgIpc) is 1.52. The molecule has 0 aliphatic rings. The summed E-state index contributed by atoms with van der Waals surface area (Å²) in [5.74, 6) is 0. The molecule has 0 atom stereocenters. The van der Waals surface area contributed by atoms with Gasteiger partial charge < -0.3 is 36.5 Å². The second kappa shape index (κ2) is 23.9. The Kier molecular flexibility index (Phi) is 13.0. The molecule has 0 aliphatic carbocycles. The number of hydrogen-bond acceptors (Lipinski definition) is 0. The summed E-state index contributed by atoms with van der Waals surface area (Å²) in [6, 6.07) is 149. The van der Waals surface area contributed by atoms with Crippen LogP contribution in [0.4, 0.5) is 0 Å². The smallest absolute Gasteiger partial charge is 0.0788 e. The Morgan fingerprint density at radius 1 is 0.103 bits per heavy atom. The lowest BCUT2D eigenvalue weighted by atomic mass is 10.00. The van der Waals surface area contributed by atoms with Gasteiger partial charge >= 0.3 is 0 Å². The molecule has 0 unspecified atom stereocenters. The van der Waals surface area contributed by atoms with E-state index in [1.807, 2.05) is 0 Å². The second-order valence-electron chi connectivity index (χ2n) is 31.1. The Labute approximate surface area is 663 Å². The lowest BCUT2D eigenvalue weighted by Gasteiger charge is -2.14. The maximum atomic E-state index is 2.52. The molecular formula is C108H66N8. The zero-order valence-electron chi connectivity index (χ0n) is 62.7. The Hall–Kier alpha value is -15.6. The molecule has 116 heavy (non-hydrogen) atoms. The van der Waals surface area contributed by atoms with Gasteiger partial charge in [0.05, 0.1) is 88.3 Å². The molecule has 18 aromatic carbocycles. The summed E-state index contributed by atoms with van der Waals surface area (Å²) in [6.07, 6.45) is 0. The standard InChI is InChI=1S/C108H66N8/c1-5-25-69(26-6-1)109-94-40-20-17-37-81(94)91-65-102-92(64-101(91)109)82-38-18-21-41-95(82)111(102)73-47-51-76(52-48-73)116-98-44-24-15-35-79(98)85-57-58-86-87-61-67(46-60-100(87)114(108(86)107(85)116)72-31-11-4-12-32-72)68-45-59-99-88(62-68)90-63-89-80-36-16-19-39-93(80)112(103(89)66-104(90)110(99)70-27-7-2-8-28-70)74-49-53-75(54-50-74)115-97-43-23-14-34-78(97)84-56-55-83-77-33-13-22-42-96(77)113(105(83)106(84)115)71-29-9-3-10-30-71/h1-66H. The number of rotatable bonds is 9. The summed E-state index contributed by atoms with van der Waals surface area (Å²) in [6.45, 7) is 0. The van der Waals surface area contributed by atoms with Crippen molar-refractivity contribution in [1.29, 1.82) is 0 Å². The van der Waals surface area contributed by atoms with Gasteiger partial charge in [0.15, 0.2) is 0 Å². The van der Waals surface area contributed by atoms with Gasteiger partial charge in [-0.05, 0) is 193 Å². The topological polar surface area (TPSA) is 39.4 Å². The molecule has 0 bridgehead atoms. The third kappa shape index (κ3) is 8.75. The van der Waals surface area contributed by atoms with Crippen molar-refractivity contribution in [2.45, 2.75) is 0 Å². The highest BCUT2D eigenvalue weighted by atomic mass is 15.1. The second-order valence-corrected chi connectivity index (χ2v) is 31.1. The van der Waals surface area contributed by atoms with Crippen LogP contribution in [0.25, 0.3) is 231 Å². The summed E-state index contributed by atoms with van der Waals surface area (Å²) < 4.78 is 19.8. The molecule has 0 N–H and O–H groups in total. The fraction of sp³-hybridized carbons (Fsp3) is 0. The van der Waals surface area contributed by atoms with Crippen LogP contribution in [0.3, 0.4) is 0 Å². The molecule has 8 heteroatoms. The van der Waals surface area contributed by atoms with Crippen LogP contribution in [0.1, 0.15) is 0 Å². The van der Waals surface area contributed by atoms with E-state index >= 15 is 0 Å². The van der Waals surface area contributed by atoms with E-state index in [-0.39, 0.29) is 0 Å². The van der Waals surface area contributed by atoms with Gasteiger partial charge in [-0.1, -0.05) is 218 Å². The fourth-order valence-corrected chi connectivity index (χ4v) is 20.3. The lowest BCUT2D eigenvalue weighted by molar-refractivity contribution is 1.13. The molecule has 8 aromatic heterocycles. The minimum atomic E-state index is 1.09. The van der Waals surface area contributed by atoms with Gasteiger partial charge in [-0.3, -0.25) is 0 Å². The van der Waals surface area contributed by atoms with Crippen molar-refractivity contribution in [3.05, 3.63) is 400 Å². The van der Waals surface area contributed by atoms with Gasteiger partial charge in [0, 0.05) is 132 Å². The van der Waals surface area contributed by atoms with Crippen LogP contribution >= 0.6 is 0 Å². The van der Waals surface area contributed by atoms with Gasteiger partial charge in [-0.15, -0.1) is 0 Å². The van der Waals surface area contributed by atoms with Crippen LogP contribution < -0.4 is 0 Å². The molecule has 26 aromatic rings. The maximum Gasteiger partial charge on any atom is 0.0788 e. The van der Waals surface area contributed by atoms with E-state index < -0.39 is 0 Å². The van der Waals surface area contributed by atoms with Gasteiger partial charge in [0.2, 0.25) is 0 Å². The van der Waals surface area contributed by atoms with Crippen molar-refractivity contribution in [3.8, 4) is 56.6 Å². The first-order valence-corrected chi connectivity index (χ1v) is 40.0. The van der Waals surface area contributed by atoms with Crippen LogP contribution in [-0.2, 0) is 0 Å². The maximum absolute atomic E-state index is 2.52. The van der Waals surface area contributed by atoms with Gasteiger partial charge in [-0.2, -0.15) is 0 Å². The SMILES string of the molecule is c1ccc(-n2c3ccccc3c3cc4c(cc32)c2ccccc2n4-c2ccc(-n3c4ccccc4c4ccc5c6cc(-c7ccc8c(c7)c7cc9c%10ccccc%10n(-c%10ccc(-n%11c%12ccccc%12c%12ccc%13c%14ccccc%14n(-c%14ccccc%14)c%13c%12%11)cc%10)c9cc7n8-c7ccccc7)ccc6n(-c6ccccc6)c5c43)cc2)cc1. The molecule has 0 saturated carbocycles. The Balaban J connectivity index is 0.628. The van der Waals surface area contributed by atoms with Crippen molar-refractivity contribution in [2.24, 2.45) is 0 Å². The highest BCUT2D eigenvalue weighted by molar-refractivity contribution is 6.27. The van der Waals surface area contributed by atoms with Crippen LogP contribution in [0.15, 0.2) is 400 Å². The molecule has 0 aliphatic heterocycles. The first-order chi connectivity index (χ1) is 57.6. The number of aromatic nitrogens is 8. The van der Waals surface area contributed by atoms with E-state index in [1.165, 1.54) is 130 Å². The molecule has 538 valence electrons. The molecule has 0 amide bonds. The summed E-state index contributed by atoms with van der Waals surface area (Å²) in [5.41, 5.74) is 29.9. The third-order valence-corrected chi connectivity index (χ3v) is 25.2. The summed E-state index contributed by atoms with van der Waals surface area (Å²) >= 11 is 0. The zero-order valence-corrected chi connectivity index (χ0v) is 62.7. The minimum Gasteiger partial charge on any atom is -0.309 e. The van der Waals surface area contributed by atoms with Crippen molar-refractivity contribution >= 4 is 174 Å². The molecule has 0 spiro atoms. The van der Waals surface area contributed by atoms with E-state index in [0.29, 0.717) is 0 Å². The molecule has 26 rings (SSSR count). The van der Waals surface area contributed by atoms with Crippen molar-refractivity contribution < 1.29 is 0 Å². The van der Waals surface area contributed by atoms with Crippen molar-refractivity contribution in [1.82, 2.24) is 36.5 Å². The monoisotopic (exact) mass is 1470 g/mol. The van der Waals surface area contributed by atoms with Crippen molar-refractivity contribution in [3.63, 3.8) is 0 Å². The van der Waals surface area contributed by atoms with E-state index in [4.69, 9.17) is 0 Å². The Morgan fingerprint density at radius 3 is 0.629 bits per heavy atom. The van der Waals surface area contributed by atoms with Gasteiger partial charge in [-0.25, -0.2) is 0 Å². The normalized spacial score (nSPS) is 12.3. The van der Waals surface area contributed by atoms with Crippen LogP contribution in [-0.4, -0.2) is 36.5 Å². The average molecular weight is 1480 g/mol. The van der Waals surface area contributed by atoms with Crippen LogP contribution in [0.5, 0.6) is 0 Å². The molecule has 0 saturated heterocycles. The molecule has 0 fully saturated rings. The predicted molar refractivity (Wildman–Crippen MR) is 487 cm³/mol. The predicted octanol–water partition coefficient (Wildman–Crippen LogP) is 28.1. The van der Waals surface area contributed by atoms with Crippen LogP contribution in [0.2, 0.25) is 0 Å². The lowest BCUT2D eigenvalue weighted by Crippen LogP contribution is -2.00. The van der Waals surface area contributed by atoms with E-state index in [0.717, 1.165) is 101 Å². The summed E-state index contributed by atoms with van der Waals surface area (Å²) in [4.78, 5) is 0. The Bertz CT molecular complexity index is 8660. The molecule has 0 radical (unpaired) electrons. The number of hydrogen-bond donors (Lipinski definition) is 0. The highest BCUT2D eigenvalue weighted by Crippen LogP contribution is 2.49. The Morgan fingerprint density at radius 2 is 0.302 bits per heavy atom.